The molecule has 0 amide bonds. The molecule has 4 atom stereocenters. The number of sulfonamides is 1. The van der Waals surface area contributed by atoms with Crippen LogP contribution in [0.1, 0.15) is 44.7 Å². The Labute approximate surface area is 184 Å². The number of nitrogens with zero attached hydrogens (tertiary/aromatic N) is 1. The predicted molar refractivity (Wildman–Crippen MR) is 115 cm³/mol. The van der Waals surface area contributed by atoms with Gasteiger partial charge in [0.25, 0.3) is 0 Å². The number of hydrogen-bond donors (Lipinski definition) is 0. The molecule has 156 valence electrons. The third kappa shape index (κ3) is 2.96. The second-order valence-electron chi connectivity index (χ2n) is 8.58. The van der Waals surface area contributed by atoms with Gasteiger partial charge in [-0.25, -0.2) is 12.8 Å². The first kappa shape index (κ1) is 21.1. The van der Waals surface area contributed by atoms with Gasteiger partial charge in [-0.2, -0.15) is 4.31 Å². The molecule has 4 nitrogen and oxygen atoms in total. The predicted octanol–water partition coefficient (Wildman–Crippen LogP) is 5.45. The van der Waals surface area contributed by atoms with Gasteiger partial charge in [0.15, 0.2) is 5.60 Å². The Balaban J connectivity index is 1.88. The third-order valence-corrected chi connectivity index (χ3v) is 9.88. The van der Waals surface area contributed by atoms with Gasteiger partial charge in [-0.1, -0.05) is 48.9 Å². The van der Waals surface area contributed by atoms with Crippen LogP contribution in [-0.2, 0) is 15.6 Å². The maximum absolute atomic E-state index is 14.3. The van der Waals surface area contributed by atoms with Crippen LogP contribution in [0.3, 0.4) is 0 Å². The average molecular weight is 503 g/mol. The van der Waals surface area contributed by atoms with Crippen molar-refractivity contribution in [3.63, 3.8) is 0 Å². The summed E-state index contributed by atoms with van der Waals surface area (Å²) < 4.78 is 47.9. The monoisotopic (exact) mass is 501 g/mol. The van der Waals surface area contributed by atoms with Crippen LogP contribution in [0.15, 0.2) is 40.9 Å². The molecule has 4 rings (SSSR count). The van der Waals surface area contributed by atoms with Crippen molar-refractivity contribution >= 4 is 37.6 Å². The van der Waals surface area contributed by atoms with Crippen molar-refractivity contribution in [1.29, 1.82) is 0 Å². The molecule has 0 spiro atoms. The SMILES string of the molecule is C[C@H]1c2c(cc(F)c(Cl)c2Br)O[C@@]1(c1ccccc1)C1CN1S(=O)(=O)C(C)(C)C. The highest BCUT2D eigenvalue weighted by Crippen LogP contribution is 2.59. The summed E-state index contributed by atoms with van der Waals surface area (Å²) in [5, 5.41) is -0.00183. The maximum atomic E-state index is 14.3. The quantitative estimate of drug-likeness (QED) is 0.414. The zero-order valence-electron chi connectivity index (χ0n) is 16.5. The van der Waals surface area contributed by atoms with Gasteiger partial charge in [0, 0.05) is 28.6 Å². The average Bonchev–Trinajstić information content (AvgIpc) is 3.40. The molecular weight excluding hydrogens is 481 g/mol. The number of hydrogen-bond acceptors (Lipinski definition) is 3. The molecule has 29 heavy (non-hydrogen) atoms. The lowest BCUT2D eigenvalue weighted by atomic mass is 9.78. The van der Waals surface area contributed by atoms with Crippen LogP contribution in [0.2, 0.25) is 5.02 Å². The van der Waals surface area contributed by atoms with Crippen molar-refractivity contribution in [3.05, 3.63) is 62.8 Å². The van der Waals surface area contributed by atoms with Gasteiger partial charge < -0.3 is 4.74 Å². The standard InChI is InChI=1S/C21H22BrClFNO3S/c1-12-17-15(10-14(24)19(23)18(17)22)28-21(12,13-8-6-5-7-9-13)16-11-25(16)29(26,27)20(2,3)4/h5-10,12,16H,11H2,1-4H3/t12-,16?,21-,25?/m0/s1. The van der Waals surface area contributed by atoms with Gasteiger partial charge in [-0.05, 0) is 42.3 Å². The molecule has 0 aromatic heterocycles. The lowest BCUT2D eigenvalue weighted by Gasteiger charge is -2.34. The number of rotatable bonds is 3. The molecule has 0 N–H and O–H groups in total. The van der Waals surface area contributed by atoms with Gasteiger partial charge in [-0.3, -0.25) is 0 Å². The van der Waals surface area contributed by atoms with Crippen LogP contribution in [0, 0.1) is 5.82 Å². The van der Waals surface area contributed by atoms with Crippen molar-refractivity contribution in [2.45, 2.75) is 50.0 Å². The van der Waals surface area contributed by atoms with Crippen molar-refractivity contribution in [1.82, 2.24) is 4.31 Å². The van der Waals surface area contributed by atoms with E-state index in [0.29, 0.717) is 16.8 Å². The van der Waals surface area contributed by atoms with Crippen LogP contribution < -0.4 is 4.74 Å². The summed E-state index contributed by atoms with van der Waals surface area (Å²) in [6, 6.07) is 10.4. The van der Waals surface area contributed by atoms with Crippen LogP contribution in [0.5, 0.6) is 5.75 Å². The van der Waals surface area contributed by atoms with Crippen molar-refractivity contribution < 1.29 is 17.5 Å². The summed E-state index contributed by atoms with van der Waals surface area (Å²) in [7, 11) is -3.53. The molecule has 1 fully saturated rings. The summed E-state index contributed by atoms with van der Waals surface area (Å²) in [5.74, 6) is -0.448. The van der Waals surface area contributed by atoms with E-state index >= 15 is 0 Å². The molecule has 0 radical (unpaired) electrons. The number of benzene rings is 2. The summed E-state index contributed by atoms with van der Waals surface area (Å²) in [6.45, 7) is 7.38. The Kier molecular flexibility index (Phi) is 4.85. The van der Waals surface area contributed by atoms with E-state index in [-0.39, 0.29) is 10.9 Å². The van der Waals surface area contributed by atoms with E-state index in [1.165, 1.54) is 10.4 Å². The van der Waals surface area contributed by atoms with E-state index in [1.54, 1.807) is 20.8 Å². The summed E-state index contributed by atoms with van der Waals surface area (Å²) in [6.07, 6.45) is 0. The highest BCUT2D eigenvalue weighted by Gasteiger charge is 2.65. The van der Waals surface area contributed by atoms with E-state index in [9.17, 15) is 12.8 Å². The highest BCUT2D eigenvalue weighted by atomic mass is 79.9. The smallest absolute Gasteiger partial charge is 0.219 e. The minimum absolute atomic E-state index is 0.00183. The van der Waals surface area contributed by atoms with Crippen LogP contribution >= 0.6 is 27.5 Å². The first-order valence-corrected chi connectivity index (χ1v) is 12.0. The van der Waals surface area contributed by atoms with Crippen LogP contribution in [0.4, 0.5) is 4.39 Å². The normalized spacial score (nSPS) is 28.7. The van der Waals surface area contributed by atoms with Gasteiger partial charge >= 0.3 is 0 Å². The Bertz CT molecular complexity index is 1090. The molecule has 2 aliphatic rings. The molecule has 0 aliphatic carbocycles. The Morgan fingerprint density at radius 1 is 1.28 bits per heavy atom. The summed E-state index contributed by atoms with van der Waals surface area (Å²) >= 11 is 9.56. The number of ether oxygens (including phenoxy) is 1. The molecule has 0 saturated carbocycles. The lowest BCUT2D eigenvalue weighted by Crippen LogP contribution is -2.44. The topological polar surface area (TPSA) is 46.4 Å². The Morgan fingerprint density at radius 2 is 1.90 bits per heavy atom. The van der Waals surface area contributed by atoms with Gasteiger partial charge in [0.05, 0.1) is 15.8 Å². The van der Waals surface area contributed by atoms with Gasteiger partial charge in [0.2, 0.25) is 10.0 Å². The van der Waals surface area contributed by atoms with E-state index in [4.69, 9.17) is 16.3 Å². The molecule has 2 unspecified atom stereocenters. The zero-order valence-corrected chi connectivity index (χ0v) is 19.7. The maximum Gasteiger partial charge on any atom is 0.219 e. The zero-order chi connectivity index (χ0) is 21.4. The van der Waals surface area contributed by atoms with E-state index < -0.39 is 32.2 Å². The second kappa shape index (κ2) is 6.67. The Morgan fingerprint density at radius 3 is 2.48 bits per heavy atom. The molecular formula is C21H22BrClFNO3S. The fourth-order valence-electron chi connectivity index (χ4n) is 4.21. The molecule has 2 aromatic carbocycles. The molecule has 1 saturated heterocycles. The molecule has 2 aromatic rings. The lowest BCUT2D eigenvalue weighted by molar-refractivity contribution is 0.0612. The minimum atomic E-state index is -3.53. The highest BCUT2D eigenvalue weighted by molar-refractivity contribution is 9.10. The Hall–Kier alpha value is -1.15. The van der Waals surface area contributed by atoms with Gasteiger partial charge in [0.1, 0.15) is 11.6 Å². The molecule has 2 heterocycles. The van der Waals surface area contributed by atoms with E-state index in [0.717, 1.165) is 11.1 Å². The number of halogens is 3. The molecule has 0 bridgehead atoms. The minimum Gasteiger partial charge on any atom is -0.480 e. The van der Waals surface area contributed by atoms with Crippen LogP contribution in [-0.4, -0.2) is 30.1 Å². The van der Waals surface area contributed by atoms with Crippen molar-refractivity contribution in [2.75, 3.05) is 6.54 Å². The van der Waals surface area contributed by atoms with Crippen molar-refractivity contribution in [3.8, 4) is 5.75 Å². The molecule has 8 heteroatoms. The van der Waals surface area contributed by atoms with Crippen LogP contribution in [0.25, 0.3) is 0 Å². The fraction of sp³-hybridized carbons (Fsp3) is 0.429. The van der Waals surface area contributed by atoms with E-state index in [2.05, 4.69) is 15.9 Å². The molecule has 2 aliphatic heterocycles. The number of fused-ring (bicyclic) bond motifs is 1. The first-order valence-electron chi connectivity index (χ1n) is 9.36. The van der Waals surface area contributed by atoms with Crippen molar-refractivity contribution in [2.24, 2.45) is 0 Å². The van der Waals surface area contributed by atoms with E-state index in [1.807, 2.05) is 37.3 Å². The summed E-state index contributed by atoms with van der Waals surface area (Å²) in [5.41, 5.74) is 0.630. The second-order valence-corrected chi connectivity index (χ2v) is 12.4. The fourth-order valence-corrected chi connectivity index (χ4v) is 6.62. The first-order chi connectivity index (χ1) is 13.4. The third-order valence-electron chi connectivity index (χ3n) is 5.89. The van der Waals surface area contributed by atoms with Gasteiger partial charge in [-0.15, -0.1) is 0 Å². The largest absolute Gasteiger partial charge is 0.480 e. The summed E-state index contributed by atoms with van der Waals surface area (Å²) in [4.78, 5) is 0.